The Labute approximate surface area is 119 Å². The Morgan fingerprint density at radius 3 is 1.95 bits per heavy atom. The first-order valence-electron chi connectivity index (χ1n) is 6.96. The minimum absolute atomic E-state index is 0.0461. The maximum atomic E-state index is 11.1. The van der Waals surface area contributed by atoms with E-state index in [9.17, 15) is 4.79 Å². The maximum absolute atomic E-state index is 11.1. The van der Waals surface area contributed by atoms with Crippen LogP contribution in [0.5, 0.6) is 0 Å². The van der Waals surface area contributed by atoms with Gasteiger partial charge in [-0.1, -0.05) is 62.4 Å². The third-order valence-corrected chi connectivity index (χ3v) is 4.73. The SMILES string of the molecule is CC(CC(=O)O)C1(C)c2ccccc2-c2ccccc21. The Balaban J connectivity index is 2.22. The molecule has 0 spiro atoms. The summed E-state index contributed by atoms with van der Waals surface area (Å²) in [4.78, 5) is 11.1. The molecule has 0 saturated carbocycles. The number of carbonyl (C=O) groups is 1. The summed E-state index contributed by atoms with van der Waals surface area (Å²) in [6.07, 6.45) is 0.180. The zero-order valence-electron chi connectivity index (χ0n) is 11.8. The summed E-state index contributed by atoms with van der Waals surface area (Å²) >= 11 is 0. The molecule has 0 saturated heterocycles. The summed E-state index contributed by atoms with van der Waals surface area (Å²) in [6, 6.07) is 16.7. The summed E-state index contributed by atoms with van der Waals surface area (Å²) < 4.78 is 0. The van der Waals surface area contributed by atoms with Crippen LogP contribution in [0.3, 0.4) is 0 Å². The van der Waals surface area contributed by atoms with Gasteiger partial charge in [0.2, 0.25) is 0 Å². The molecule has 0 heterocycles. The molecule has 0 aliphatic heterocycles. The minimum atomic E-state index is -0.736. The lowest BCUT2D eigenvalue weighted by atomic mass is 9.69. The van der Waals surface area contributed by atoms with E-state index >= 15 is 0 Å². The van der Waals surface area contributed by atoms with E-state index < -0.39 is 5.97 Å². The molecule has 2 aromatic carbocycles. The molecule has 2 heteroatoms. The molecule has 1 aliphatic rings. The molecule has 20 heavy (non-hydrogen) atoms. The molecule has 1 N–H and O–H groups in total. The van der Waals surface area contributed by atoms with Crippen LogP contribution in [-0.4, -0.2) is 11.1 Å². The summed E-state index contributed by atoms with van der Waals surface area (Å²) in [6.45, 7) is 4.21. The molecular formula is C18H18O2. The van der Waals surface area contributed by atoms with Crippen molar-refractivity contribution >= 4 is 5.97 Å². The Kier molecular flexibility index (Phi) is 2.89. The van der Waals surface area contributed by atoms with Crippen LogP contribution in [0.1, 0.15) is 31.4 Å². The third kappa shape index (κ3) is 1.68. The Morgan fingerprint density at radius 2 is 1.50 bits per heavy atom. The molecule has 2 aromatic rings. The van der Waals surface area contributed by atoms with Crippen molar-refractivity contribution in [2.75, 3.05) is 0 Å². The maximum Gasteiger partial charge on any atom is 0.303 e. The molecule has 0 fully saturated rings. The number of hydrogen-bond acceptors (Lipinski definition) is 1. The predicted octanol–water partition coefficient (Wildman–Crippen LogP) is 4.08. The number of aliphatic carboxylic acids is 1. The van der Waals surface area contributed by atoms with Crippen LogP contribution in [0, 0.1) is 5.92 Å². The first-order chi connectivity index (χ1) is 9.55. The Morgan fingerprint density at radius 1 is 1.05 bits per heavy atom. The highest BCUT2D eigenvalue weighted by atomic mass is 16.4. The number of fused-ring (bicyclic) bond motifs is 3. The number of hydrogen-bond donors (Lipinski definition) is 1. The van der Waals surface area contributed by atoms with E-state index in [0.717, 1.165) is 0 Å². The number of carboxylic acids is 1. The van der Waals surface area contributed by atoms with Gasteiger partial charge in [-0.3, -0.25) is 4.79 Å². The van der Waals surface area contributed by atoms with Gasteiger partial charge in [0, 0.05) is 11.8 Å². The van der Waals surface area contributed by atoms with Crippen molar-refractivity contribution in [3.8, 4) is 11.1 Å². The molecule has 1 aliphatic carbocycles. The smallest absolute Gasteiger partial charge is 0.303 e. The molecule has 0 amide bonds. The molecule has 0 bridgehead atoms. The van der Waals surface area contributed by atoms with E-state index in [1.54, 1.807) is 0 Å². The van der Waals surface area contributed by atoms with Crippen LogP contribution in [0.2, 0.25) is 0 Å². The van der Waals surface area contributed by atoms with E-state index in [1.807, 2.05) is 31.2 Å². The van der Waals surface area contributed by atoms with Gasteiger partial charge < -0.3 is 5.11 Å². The van der Waals surface area contributed by atoms with Crippen molar-refractivity contribution in [1.29, 1.82) is 0 Å². The van der Waals surface area contributed by atoms with Crippen molar-refractivity contribution in [3.63, 3.8) is 0 Å². The Bertz CT molecular complexity index is 627. The van der Waals surface area contributed by atoms with E-state index in [4.69, 9.17) is 5.11 Å². The average Bonchev–Trinajstić information content (AvgIpc) is 2.71. The van der Waals surface area contributed by atoms with E-state index in [-0.39, 0.29) is 17.8 Å². The molecular weight excluding hydrogens is 248 g/mol. The lowest BCUT2D eigenvalue weighted by Crippen LogP contribution is -2.31. The molecule has 2 nitrogen and oxygen atoms in total. The van der Waals surface area contributed by atoms with Crippen molar-refractivity contribution in [2.24, 2.45) is 5.92 Å². The van der Waals surface area contributed by atoms with Gasteiger partial charge in [-0.05, 0) is 28.2 Å². The highest BCUT2D eigenvalue weighted by molar-refractivity contribution is 5.81. The fourth-order valence-electron chi connectivity index (χ4n) is 3.48. The average molecular weight is 266 g/mol. The van der Waals surface area contributed by atoms with Crippen LogP contribution in [0.4, 0.5) is 0 Å². The standard InChI is InChI=1S/C18H18O2/c1-12(11-17(19)20)18(2)15-9-5-3-7-13(15)14-8-4-6-10-16(14)18/h3-10,12H,11H2,1-2H3,(H,19,20). The molecule has 3 rings (SSSR count). The van der Waals surface area contributed by atoms with Crippen LogP contribution in [0.15, 0.2) is 48.5 Å². The van der Waals surface area contributed by atoms with Crippen LogP contribution >= 0.6 is 0 Å². The fraction of sp³-hybridized carbons (Fsp3) is 0.278. The van der Waals surface area contributed by atoms with Gasteiger partial charge in [0.05, 0.1) is 0 Å². The minimum Gasteiger partial charge on any atom is -0.481 e. The quantitative estimate of drug-likeness (QED) is 0.908. The highest BCUT2D eigenvalue weighted by Crippen LogP contribution is 2.52. The van der Waals surface area contributed by atoms with Gasteiger partial charge in [-0.2, -0.15) is 0 Å². The summed E-state index contributed by atoms with van der Waals surface area (Å²) in [5.74, 6) is -0.689. The lowest BCUT2D eigenvalue weighted by Gasteiger charge is -2.33. The molecule has 0 radical (unpaired) electrons. The first kappa shape index (κ1) is 12.9. The van der Waals surface area contributed by atoms with Gasteiger partial charge >= 0.3 is 5.97 Å². The largest absolute Gasteiger partial charge is 0.481 e. The van der Waals surface area contributed by atoms with Crippen LogP contribution in [0.25, 0.3) is 11.1 Å². The van der Waals surface area contributed by atoms with E-state index in [2.05, 4.69) is 31.2 Å². The lowest BCUT2D eigenvalue weighted by molar-refractivity contribution is -0.138. The summed E-state index contributed by atoms with van der Waals surface area (Å²) in [5, 5.41) is 9.15. The zero-order chi connectivity index (χ0) is 14.3. The van der Waals surface area contributed by atoms with Crippen LogP contribution < -0.4 is 0 Å². The number of rotatable bonds is 3. The van der Waals surface area contributed by atoms with E-state index in [0.29, 0.717) is 0 Å². The predicted molar refractivity (Wildman–Crippen MR) is 79.7 cm³/mol. The topological polar surface area (TPSA) is 37.3 Å². The summed E-state index contributed by atoms with van der Waals surface area (Å²) in [7, 11) is 0. The number of benzene rings is 2. The second-order valence-electron chi connectivity index (χ2n) is 5.79. The van der Waals surface area contributed by atoms with Gasteiger partial charge in [0.15, 0.2) is 0 Å². The second kappa shape index (κ2) is 4.48. The molecule has 1 atom stereocenters. The number of carboxylic acid groups (broad SMARTS) is 1. The highest BCUT2D eigenvalue weighted by Gasteiger charge is 2.43. The van der Waals surface area contributed by atoms with Gasteiger partial charge in [0.1, 0.15) is 0 Å². The van der Waals surface area contributed by atoms with Crippen molar-refractivity contribution < 1.29 is 9.90 Å². The van der Waals surface area contributed by atoms with Gasteiger partial charge in [-0.25, -0.2) is 0 Å². The van der Waals surface area contributed by atoms with Gasteiger partial charge in [-0.15, -0.1) is 0 Å². The van der Waals surface area contributed by atoms with Crippen molar-refractivity contribution in [3.05, 3.63) is 59.7 Å². The van der Waals surface area contributed by atoms with Gasteiger partial charge in [0.25, 0.3) is 0 Å². The van der Waals surface area contributed by atoms with E-state index in [1.165, 1.54) is 22.3 Å². The molecule has 1 unspecified atom stereocenters. The monoisotopic (exact) mass is 266 g/mol. The zero-order valence-corrected chi connectivity index (χ0v) is 11.8. The third-order valence-electron chi connectivity index (χ3n) is 4.73. The van der Waals surface area contributed by atoms with Crippen molar-refractivity contribution in [2.45, 2.75) is 25.7 Å². The van der Waals surface area contributed by atoms with Crippen LogP contribution in [-0.2, 0) is 10.2 Å². The molecule has 102 valence electrons. The fourth-order valence-corrected chi connectivity index (χ4v) is 3.48. The normalized spacial score (nSPS) is 16.3. The van der Waals surface area contributed by atoms with Crippen molar-refractivity contribution in [1.82, 2.24) is 0 Å². The summed E-state index contributed by atoms with van der Waals surface area (Å²) in [5.41, 5.74) is 4.74. The Hall–Kier alpha value is -2.09. The second-order valence-corrected chi connectivity index (χ2v) is 5.79. The first-order valence-corrected chi connectivity index (χ1v) is 6.96. The molecule has 0 aromatic heterocycles.